The monoisotopic (exact) mass is 397 g/mol. The summed E-state index contributed by atoms with van der Waals surface area (Å²) in [5.74, 6) is 1.25. The lowest BCUT2D eigenvalue weighted by Gasteiger charge is -2.03. The Bertz CT molecular complexity index is 1060. The summed E-state index contributed by atoms with van der Waals surface area (Å²) >= 11 is 2.97. The number of H-pyrrole nitrogens is 1. The molecule has 0 saturated carbocycles. The third-order valence-electron chi connectivity index (χ3n) is 3.81. The summed E-state index contributed by atoms with van der Waals surface area (Å²) < 4.78 is 6.27. The number of carbonyl (C=O) groups excluding carboxylic acids is 1. The van der Waals surface area contributed by atoms with E-state index in [0.717, 1.165) is 26.7 Å². The van der Waals surface area contributed by atoms with E-state index in [9.17, 15) is 4.79 Å². The summed E-state index contributed by atoms with van der Waals surface area (Å²) in [5, 5.41) is 10.8. The summed E-state index contributed by atoms with van der Waals surface area (Å²) in [7, 11) is 1.61. The van der Waals surface area contributed by atoms with Gasteiger partial charge in [-0.05, 0) is 29.8 Å². The van der Waals surface area contributed by atoms with Gasteiger partial charge >= 0.3 is 0 Å². The molecule has 0 saturated heterocycles. The van der Waals surface area contributed by atoms with E-state index in [1.807, 2.05) is 30.3 Å². The predicted molar refractivity (Wildman–Crippen MR) is 107 cm³/mol. The summed E-state index contributed by atoms with van der Waals surface area (Å²) in [5.41, 5.74) is 2.42. The first kappa shape index (κ1) is 17.5. The fourth-order valence-corrected chi connectivity index (χ4v) is 4.09. The molecule has 0 aliphatic rings. The average molecular weight is 397 g/mol. The normalized spacial score (nSPS) is 10.9. The molecule has 2 aromatic carbocycles. The highest BCUT2D eigenvalue weighted by atomic mass is 32.2. The zero-order valence-corrected chi connectivity index (χ0v) is 15.9. The van der Waals surface area contributed by atoms with Crippen LogP contribution in [0.25, 0.3) is 10.2 Å². The molecule has 0 aliphatic heterocycles. The molecule has 136 valence electrons. The van der Waals surface area contributed by atoms with Crippen LogP contribution in [0.1, 0.15) is 15.9 Å². The fourth-order valence-electron chi connectivity index (χ4n) is 2.48. The Balaban J connectivity index is 1.43. The second-order valence-corrected chi connectivity index (χ2v) is 7.55. The molecule has 0 spiro atoms. The van der Waals surface area contributed by atoms with Crippen LogP contribution in [0, 0.1) is 0 Å². The molecule has 9 heteroatoms. The lowest BCUT2D eigenvalue weighted by Crippen LogP contribution is -2.11. The van der Waals surface area contributed by atoms with E-state index >= 15 is 0 Å². The van der Waals surface area contributed by atoms with Crippen LogP contribution in [0.4, 0.5) is 5.13 Å². The second-order valence-electron chi connectivity index (χ2n) is 5.56. The lowest BCUT2D eigenvalue weighted by atomic mass is 10.1. The van der Waals surface area contributed by atoms with Crippen LogP contribution in [0.3, 0.4) is 0 Å². The molecule has 1 amide bonds. The fraction of sp³-hybridized carbons (Fsp3) is 0.111. The number of anilines is 1. The number of aromatic nitrogens is 4. The van der Waals surface area contributed by atoms with Crippen molar-refractivity contribution < 1.29 is 9.53 Å². The van der Waals surface area contributed by atoms with Crippen molar-refractivity contribution in [2.24, 2.45) is 0 Å². The van der Waals surface area contributed by atoms with Gasteiger partial charge in [0.15, 0.2) is 10.3 Å². The number of thiazole rings is 1. The number of rotatable bonds is 6. The van der Waals surface area contributed by atoms with Crippen LogP contribution in [0.2, 0.25) is 0 Å². The van der Waals surface area contributed by atoms with Gasteiger partial charge in [-0.15, -0.1) is 0 Å². The number of nitrogens with zero attached hydrogens (tertiary/aromatic N) is 3. The van der Waals surface area contributed by atoms with Crippen molar-refractivity contribution in [3.8, 4) is 5.75 Å². The van der Waals surface area contributed by atoms with E-state index in [1.54, 1.807) is 31.0 Å². The SMILES string of the molecule is COc1cccc2sc(NC(=O)c3ccc(CSc4ncn[nH]4)cc3)nc12. The molecule has 27 heavy (non-hydrogen) atoms. The first-order chi connectivity index (χ1) is 13.2. The number of methoxy groups -OCH3 is 1. The van der Waals surface area contributed by atoms with E-state index < -0.39 is 0 Å². The minimum Gasteiger partial charge on any atom is -0.494 e. The number of thioether (sulfide) groups is 1. The van der Waals surface area contributed by atoms with Crippen LogP contribution in [0.5, 0.6) is 5.75 Å². The van der Waals surface area contributed by atoms with Gasteiger partial charge in [0.05, 0.1) is 11.8 Å². The number of hydrogen-bond donors (Lipinski definition) is 2. The molecule has 7 nitrogen and oxygen atoms in total. The van der Waals surface area contributed by atoms with E-state index in [0.29, 0.717) is 16.4 Å². The van der Waals surface area contributed by atoms with Crippen molar-refractivity contribution in [1.82, 2.24) is 20.2 Å². The van der Waals surface area contributed by atoms with Gasteiger partial charge < -0.3 is 4.74 Å². The topological polar surface area (TPSA) is 92.8 Å². The Morgan fingerprint density at radius 1 is 1.26 bits per heavy atom. The summed E-state index contributed by atoms with van der Waals surface area (Å²) in [4.78, 5) is 21.0. The van der Waals surface area contributed by atoms with Gasteiger partial charge in [0, 0.05) is 11.3 Å². The summed E-state index contributed by atoms with van der Waals surface area (Å²) in [6, 6.07) is 13.2. The van der Waals surface area contributed by atoms with Gasteiger partial charge in [-0.2, -0.15) is 5.10 Å². The number of amides is 1. The third-order valence-corrected chi connectivity index (χ3v) is 5.69. The quantitative estimate of drug-likeness (QED) is 0.478. The molecule has 0 radical (unpaired) electrons. The zero-order valence-electron chi connectivity index (χ0n) is 14.3. The highest BCUT2D eigenvalue weighted by molar-refractivity contribution is 7.98. The Labute approximate surface area is 163 Å². The van der Waals surface area contributed by atoms with Crippen LogP contribution in [0.15, 0.2) is 53.9 Å². The van der Waals surface area contributed by atoms with Gasteiger partial charge in [0.2, 0.25) is 0 Å². The standard InChI is InChI=1S/C18H15N5O2S2/c1-25-13-3-2-4-14-15(13)21-18(27-14)22-16(24)12-7-5-11(6-8-12)9-26-17-19-10-20-23-17/h2-8,10H,9H2,1H3,(H,19,20,23)(H,21,22,24). The Morgan fingerprint density at radius 2 is 2.11 bits per heavy atom. The number of fused-ring (bicyclic) bond motifs is 1. The largest absolute Gasteiger partial charge is 0.494 e. The Kier molecular flexibility index (Phi) is 5.03. The predicted octanol–water partition coefficient (Wildman–Crippen LogP) is 3.97. The maximum absolute atomic E-state index is 12.5. The molecule has 2 aromatic heterocycles. The smallest absolute Gasteiger partial charge is 0.257 e. The minimum atomic E-state index is -0.192. The van der Waals surface area contributed by atoms with Crippen molar-refractivity contribution in [2.75, 3.05) is 12.4 Å². The molecule has 2 N–H and O–H groups in total. The number of benzene rings is 2. The van der Waals surface area contributed by atoms with Crippen LogP contribution in [-0.4, -0.2) is 33.2 Å². The Morgan fingerprint density at radius 3 is 2.85 bits per heavy atom. The highest BCUT2D eigenvalue weighted by Gasteiger charge is 2.12. The molecule has 0 atom stereocenters. The van der Waals surface area contributed by atoms with E-state index in [4.69, 9.17) is 4.74 Å². The van der Waals surface area contributed by atoms with E-state index in [1.165, 1.54) is 17.7 Å². The van der Waals surface area contributed by atoms with Crippen molar-refractivity contribution in [3.05, 3.63) is 59.9 Å². The first-order valence-electron chi connectivity index (χ1n) is 8.05. The van der Waals surface area contributed by atoms with Crippen molar-refractivity contribution in [2.45, 2.75) is 10.9 Å². The number of nitrogens with one attached hydrogen (secondary N) is 2. The number of ether oxygens (including phenoxy) is 1. The molecular formula is C18H15N5O2S2. The molecule has 0 fully saturated rings. The van der Waals surface area contributed by atoms with E-state index in [2.05, 4.69) is 25.5 Å². The Hall–Kier alpha value is -2.91. The van der Waals surface area contributed by atoms with Crippen molar-refractivity contribution >= 4 is 44.4 Å². The van der Waals surface area contributed by atoms with Crippen LogP contribution >= 0.6 is 23.1 Å². The van der Waals surface area contributed by atoms with Crippen LogP contribution < -0.4 is 10.1 Å². The zero-order chi connectivity index (χ0) is 18.6. The number of hydrogen-bond acceptors (Lipinski definition) is 7. The van der Waals surface area contributed by atoms with Gasteiger partial charge in [-0.25, -0.2) is 9.97 Å². The third kappa shape index (κ3) is 3.93. The minimum absolute atomic E-state index is 0.192. The number of para-hydroxylation sites is 1. The van der Waals surface area contributed by atoms with Gasteiger partial charge in [-0.1, -0.05) is 41.3 Å². The molecular weight excluding hydrogens is 382 g/mol. The molecule has 0 aliphatic carbocycles. The van der Waals surface area contributed by atoms with Crippen molar-refractivity contribution in [3.63, 3.8) is 0 Å². The maximum atomic E-state index is 12.5. The molecule has 0 bridgehead atoms. The first-order valence-corrected chi connectivity index (χ1v) is 9.85. The summed E-state index contributed by atoms with van der Waals surface area (Å²) in [6.45, 7) is 0. The lowest BCUT2D eigenvalue weighted by molar-refractivity contribution is 0.102. The van der Waals surface area contributed by atoms with Crippen LogP contribution in [-0.2, 0) is 5.75 Å². The molecule has 4 aromatic rings. The second kappa shape index (κ2) is 7.77. The average Bonchev–Trinajstić information content (AvgIpc) is 3.35. The molecule has 4 rings (SSSR count). The van der Waals surface area contributed by atoms with Gasteiger partial charge in [0.1, 0.15) is 17.6 Å². The molecule has 2 heterocycles. The van der Waals surface area contributed by atoms with Gasteiger partial charge in [-0.3, -0.25) is 15.2 Å². The van der Waals surface area contributed by atoms with Crippen molar-refractivity contribution in [1.29, 1.82) is 0 Å². The van der Waals surface area contributed by atoms with E-state index in [-0.39, 0.29) is 5.91 Å². The highest BCUT2D eigenvalue weighted by Crippen LogP contribution is 2.32. The summed E-state index contributed by atoms with van der Waals surface area (Å²) in [6.07, 6.45) is 1.48. The number of carbonyl (C=O) groups is 1. The van der Waals surface area contributed by atoms with Gasteiger partial charge in [0.25, 0.3) is 5.91 Å². The maximum Gasteiger partial charge on any atom is 0.257 e. The number of aromatic amines is 1. The molecule has 0 unspecified atom stereocenters.